The Morgan fingerprint density at radius 3 is 2.67 bits per heavy atom. The number of aromatic nitrogens is 2. The van der Waals surface area contributed by atoms with Crippen molar-refractivity contribution in [2.24, 2.45) is 0 Å². The Morgan fingerprint density at radius 2 is 2.17 bits per heavy atom. The van der Waals surface area contributed by atoms with Crippen LogP contribution in [0.3, 0.4) is 0 Å². The lowest BCUT2D eigenvalue weighted by molar-refractivity contribution is 0.0696. The van der Waals surface area contributed by atoms with Gasteiger partial charge in [-0.25, -0.2) is 9.78 Å². The molecule has 2 rings (SSSR count). The lowest BCUT2D eigenvalue weighted by atomic mass is 10.2. The summed E-state index contributed by atoms with van der Waals surface area (Å²) >= 11 is 1.38. The topological polar surface area (TPSA) is 78.9 Å². The highest BCUT2D eigenvalue weighted by Gasteiger charge is 2.19. The van der Waals surface area contributed by atoms with Crippen LogP contribution in [0.4, 0.5) is 0 Å². The van der Waals surface area contributed by atoms with Gasteiger partial charge in [0.2, 0.25) is 0 Å². The van der Waals surface area contributed by atoms with E-state index >= 15 is 0 Å². The van der Waals surface area contributed by atoms with Crippen LogP contribution >= 0.6 is 11.3 Å². The number of carbonyl (C=O) groups is 1. The quantitative estimate of drug-likeness (QED) is 0.900. The van der Waals surface area contributed by atoms with Gasteiger partial charge in [0, 0.05) is 11.4 Å². The molecule has 0 aliphatic heterocycles. The number of hydrogen-bond donors (Lipinski definition) is 1. The number of rotatable bonds is 2. The summed E-state index contributed by atoms with van der Waals surface area (Å²) in [5.41, 5.74) is 1.98. The van der Waals surface area contributed by atoms with Gasteiger partial charge in [0.25, 0.3) is 0 Å². The molecular formula is C12H11N3O2S. The molecule has 2 aromatic rings. The molecule has 0 aliphatic carbocycles. The molecule has 2 heterocycles. The van der Waals surface area contributed by atoms with Gasteiger partial charge in [0.1, 0.15) is 11.1 Å². The van der Waals surface area contributed by atoms with E-state index in [1.54, 1.807) is 17.6 Å². The molecule has 0 atom stereocenters. The van der Waals surface area contributed by atoms with Gasteiger partial charge >= 0.3 is 5.97 Å². The summed E-state index contributed by atoms with van der Waals surface area (Å²) in [6.45, 7) is 5.36. The highest BCUT2D eigenvalue weighted by atomic mass is 32.1. The second kappa shape index (κ2) is 4.27. The summed E-state index contributed by atoms with van der Waals surface area (Å²) < 4.78 is 1.77. The lowest BCUT2D eigenvalue weighted by Gasteiger charge is -2.06. The van der Waals surface area contributed by atoms with E-state index in [1.807, 2.05) is 19.9 Å². The van der Waals surface area contributed by atoms with Gasteiger partial charge in [0.05, 0.1) is 10.6 Å². The van der Waals surface area contributed by atoms with Crippen molar-refractivity contribution in [3.8, 4) is 11.1 Å². The van der Waals surface area contributed by atoms with Crippen LogP contribution in [-0.4, -0.2) is 20.6 Å². The molecule has 0 radical (unpaired) electrons. The van der Waals surface area contributed by atoms with Crippen molar-refractivity contribution in [1.29, 1.82) is 5.26 Å². The first-order chi connectivity index (χ1) is 8.45. The van der Waals surface area contributed by atoms with Crippen LogP contribution in [0.25, 0.3) is 5.00 Å². The Labute approximate surface area is 108 Å². The molecule has 0 amide bonds. The van der Waals surface area contributed by atoms with Crippen molar-refractivity contribution < 1.29 is 9.90 Å². The lowest BCUT2D eigenvalue weighted by Crippen LogP contribution is -2.02. The SMILES string of the molecule is Cc1nc(C#N)c(-n2c(C)cc(C(=O)O)c2C)s1. The molecule has 0 saturated carbocycles. The van der Waals surface area contributed by atoms with E-state index < -0.39 is 5.97 Å². The monoisotopic (exact) mass is 261 g/mol. The molecule has 5 nitrogen and oxygen atoms in total. The average molecular weight is 261 g/mol. The minimum absolute atomic E-state index is 0.252. The number of carboxylic acids is 1. The van der Waals surface area contributed by atoms with Gasteiger partial charge < -0.3 is 9.67 Å². The molecule has 6 heteroatoms. The Morgan fingerprint density at radius 1 is 1.50 bits per heavy atom. The standard InChI is InChI=1S/C12H11N3O2S/c1-6-4-9(12(16)17)7(2)15(6)11-10(5-13)14-8(3)18-11/h4H,1-3H3,(H,16,17). The number of hydrogen-bond acceptors (Lipinski definition) is 4. The van der Waals surface area contributed by atoms with Crippen LogP contribution in [-0.2, 0) is 0 Å². The van der Waals surface area contributed by atoms with Crippen LogP contribution in [0.1, 0.15) is 32.4 Å². The number of aromatic carboxylic acids is 1. The van der Waals surface area contributed by atoms with Gasteiger partial charge in [-0.1, -0.05) is 11.3 Å². The van der Waals surface area contributed by atoms with Gasteiger partial charge in [-0.3, -0.25) is 0 Å². The van der Waals surface area contributed by atoms with Crippen LogP contribution in [0, 0.1) is 32.1 Å². The fourth-order valence-corrected chi connectivity index (χ4v) is 2.91. The second-order valence-corrected chi connectivity index (χ2v) is 5.11. The van der Waals surface area contributed by atoms with Crippen molar-refractivity contribution in [3.05, 3.63) is 33.7 Å². The summed E-state index contributed by atoms with van der Waals surface area (Å²) in [4.78, 5) is 15.2. The van der Waals surface area contributed by atoms with Gasteiger partial charge in [0.15, 0.2) is 5.69 Å². The average Bonchev–Trinajstić information content (AvgIpc) is 2.79. The Balaban J connectivity index is 2.72. The molecule has 0 spiro atoms. The van der Waals surface area contributed by atoms with Crippen LogP contribution in [0.2, 0.25) is 0 Å². The Kier molecular flexibility index (Phi) is 2.93. The maximum atomic E-state index is 11.1. The van der Waals surface area contributed by atoms with Crippen LogP contribution < -0.4 is 0 Å². The smallest absolute Gasteiger partial charge is 0.337 e. The van der Waals surface area contributed by atoms with E-state index in [4.69, 9.17) is 10.4 Å². The number of aryl methyl sites for hydroxylation is 2. The van der Waals surface area contributed by atoms with Gasteiger partial charge in [-0.15, -0.1) is 0 Å². The maximum absolute atomic E-state index is 11.1. The van der Waals surface area contributed by atoms with Crippen molar-refractivity contribution in [3.63, 3.8) is 0 Å². The zero-order chi connectivity index (χ0) is 13.4. The summed E-state index contributed by atoms with van der Waals surface area (Å²) in [5, 5.41) is 19.6. The first-order valence-corrected chi connectivity index (χ1v) is 6.07. The third kappa shape index (κ3) is 1.79. The molecule has 0 aromatic carbocycles. The number of nitrogens with zero attached hydrogens (tertiary/aromatic N) is 3. The minimum atomic E-state index is -0.964. The van der Waals surface area contributed by atoms with Crippen molar-refractivity contribution in [2.75, 3.05) is 0 Å². The molecule has 0 fully saturated rings. The van der Waals surface area contributed by atoms with E-state index in [0.29, 0.717) is 16.4 Å². The summed E-state index contributed by atoms with van der Waals surface area (Å²) in [6, 6.07) is 3.64. The number of nitriles is 1. The highest BCUT2D eigenvalue weighted by Crippen LogP contribution is 2.27. The van der Waals surface area contributed by atoms with Gasteiger partial charge in [-0.2, -0.15) is 5.26 Å². The highest BCUT2D eigenvalue weighted by molar-refractivity contribution is 7.14. The Hall–Kier alpha value is -2.13. The van der Waals surface area contributed by atoms with E-state index in [-0.39, 0.29) is 5.56 Å². The fraction of sp³-hybridized carbons (Fsp3) is 0.250. The van der Waals surface area contributed by atoms with Crippen LogP contribution in [0.5, 0.6) is 0 Å². The zero-order valence-electron chi connectivity index (χ0n) is 10.2. The first kappa shape index (κ1) is 12.3. The normalized spacial score (nSPS) is 10.3. The van der Waals surface area contributed by atoms with Gasteiger partial charge in [-0.05, 0) is 26.8 Å². The van der Waals surface area contributed by atoms with E-state index in [0.717, 1.165) is 10.7 Å². The van der Waals surface area contributed by atoms with E-state index in [2.05, 4.69) is 4.98 Å². The second-order valence-electron chi connectivity index (χ2n) is 3.92. The Bertz CT molecular complexity index is 676. The molecule has 0 aliphatic rings. The molecule has 1 N–H and O–H groups in total. The molecule has 0 unspecified atom stereocenters. The predicted octanol–water partition coefficient (Wildman–Crippen LogP) is 2.43. The third-order valence-electron chi connectivity index (χ3n) is 2.69. The van der Waals surface area contributed by atoms with E-state index in [9.17, 15) is 4.79 Å². The number of carboxylic acid groups (broad SMARTS) is 1. The summed E-state index contributed by atoms with van der Waals surface area (Å²) in [5.74, 6) is -0.964. The van der Waals surface area contributed by atoms with Crippen molar-refractivity contribution in [2.45, 2.75) is 20.8 Å². The van der Waals surface area contributed by atoms with Crippen molar-refractivity contribution in [1.82, 2.24) is 9.55 Å². The zero-order valence-corrected chi connectivity index (χ0v) is 11.0. The van der Waals surface area contributed by atoms with E-state index in [1.165, 1.54) is 11.3 Å². The molecule has 2 aromatic heterocycles. The maximum Gasteiger partial charge on any atom is 0.337 e. The van der Waals surface area contributed by atoms with Crippen LogP contribution in [0.15, 0.2) is 6.07 Å². The molecule has 0 saturated heterocycles. The molecule has 18 heavy (non-hydrogen) atoms. The van der Waals surface area contributed by atoms with Crippen molar-refractivity contribution >= 4 is 17.3 Å². The predicted molar refractivity (Wildman–Crippen MR) is 67.3 cm³/mol. The molecule has 0 bridgehead atoms. The summed E-state index contributed by atoms with van der Waals surface area (Å²) in [6.07, 6.45) is 0. The number of thiazole rings is 1. The molecule has 92 valence electrons. The summed E-state index contributed by atoms with van der Waals surface area (Å²) in [7, 11) is 0. The third-order valence-corrected chi connectivity index (χ3v) is 3.64. The molecular weight excluding hydrogens is 250 g/mol. The fourth-order valence-electron chi connectivity index (χ4n) is 1.93. The first-order valence-electron chi connectivity index (χ1n) is 5.25. The minimum Gasteiger partial charge on any atom is -0.478 e. The largest absolute Gasteiger partial charge is 0.478 e.